The Balaban J connectivity index is 1.57. The maximum absolute atomic E-state index is 7.63. The van der Waals surface area contributed by atoms with E-state index < -0.39 is 7.04 Å². The third-order valence-electron chi connectivity index (χ3n) is 6.32. The van der Waals surface area contributed by atoms with E-state index in [0.29, 0.717) is 22.4 Å². The number of ether oxygens (including phenoxy) is 1. The first-order chi connectivity index (χ1) is 16.7. The van der Waals surface area contributed by atoms with Gasteiger partial charge in [-0.05, 0) is 44.2 Å². The van der Waals surface area contributed by atoms with Gasteiger partial charge < -0.3 is 14.5 Å². The van der Waals surface area contributed by atoms with E-state index in [2.05, 4.69) is 32.0 Å². The summed E-state index contributed by atoms with van der Waals surface area (Å²) in [4.78, 5) is 14.2. The van der Waals surface area contributed by atoms with E-state index in [-0.39, 0.29) is 5.75 Å². The summed E-state index contributed by atoms with van der Waals surface area (Å²) in [6.45, 7) is 7.92. The second-order valence-electron chi connectivity index (χ2n) is 8.35. The number of methoxy groups -OCH3 is 1. The van der Waals surface area contributed by atoms with E-state index >= 15 is 0 Å². The average Bonchev–Trinajstić information content (AvgIpc) is 3.23. The first-order valence-corrected chi connectivity index (χ1v) is 10.7. The molecule has 1 N–H and O–H groups in total. The predicted molar refractivity (Wildman–Crippen MR) is 128 cm³/mol. The molecule has 4 heterocycles. The molecule has 0 bridgehead atoms. The summed E-state index contributed by atoms with van der Waals surface area (Å²) in [6.07, 6.45) is 1.81. The van der Waals surface area contributed by atoms with Crippen LogP contribution in [0, 0.1) is 13.8 Å². The van der Waals surface area contributed by atoms with Crippen LogP contribution in [0.2, 0.25) is 0 Å². The van der Waals surface area contributed by atoms with Crippen LogP contribution < -0.4 is 9.64 Å². The van der Waals surface area contributed by atoms with Crippen molar-refractivity contribution >= 4 is 16.9 Å². The monoisotopic (exact) mass is 431 g/mol. The summed E-state index contributed by atoms with van der Waals surface area (Å²) in [5.74, 6) is 1.13. The van der Waals surface area contributed by atoms with E-state index in [4.69, 9.17) is 13.8 Å². The number of benzene rings is 1. The number of aromatic amines is 1. The molecule has 1 fully saturated rings. The molecule has 3 aromatic heterocycles. The molecule has 7 heteroatoms. The molecule has 0 saturated carbocycles. The molecule has 1 saturated heterocycles. The van der Waals surface area contributed by atoms with Crippen LogP contribution in [0.1, 0.15) is 15.2 Å². The lowest BCUT2D eigenvalue weighted by Crippen LogP contribution is -2.44. The zero-order valence-electron chi connectivity index (χ0n) is 21.5. The Morgan fingerprint density at radius 2 is 1.91 bits per heavy atom. The molecule has 1 aliphatic heterocycles. The summed E-state index contributed by atoms with van der Waals surface area (Å²) >= 11 is 0. The number of aryl methyl sites for hydroxylation is 1. The Hall–Kier alpha value is -3.45. The second-order valence-corrected chi connectivity index (χ2v) is 8.35. The van der Waals surface area contributed by atoms with Gasteiger partial charge >= 0.3 is 0 Å². The van der Waals surface area contributed by atoms with Crippen LogP contribution in [0.3, 0.4) is 0 Å². The Morgan fingerprint density at radius 1 is 1.06 bits per heavy atom. The van der Waals surface area contributed by atoms with Crippen LogP contribution in [-0.2, 0) is 0 Å². The Labute approximate surface area is 192 Å². The first kappa shape index (κ1) is 17.1. The van der Waals surface area contributed by atoms with Gasteiger partial charge in [-0.1, -0.05) is 18.2 Å². The number of fused-ring (bicyclic) bond motifs is 1. The Morgan fingerprint density at radius 3 is 2.66 bits per heavy atom. The van der Waals surface area contributed by atoms with Crippen molar-refractivity contribution in [3.05, 3.63) is 53.7 Å². The zero-order chi connectivity index (χ0) is 24.7. The number of hydrogen-bond donors (Lipinski definition) is 1. The van der Waals surface area contributed by atoms with Crippen molar-refractivity contribution in [3.63, 3.8) is 0 Å². The molecule has 1 aliphatic rings. The van der Waals surface area contributed by atoms with Gasteiger partial charge in [-0.3, -0.25) is 5.10 Å². The van der Waals surface area contributed by atoms with Crippen LogP contribution in [0.5, 0.6) is 5.75 Å². The smallest absolute Gasteiger partial charge is 0.147 e. The summed E-state index contributed by atoms with van der Waals surface area (Å²) in [5.41, 5.74) is 6.10. The van der Waals surface area contributed by atoms with Crippen LogP contribution in [-0.4, -0.2) is 65.3 Å². The lowest BCUT2D eigenvalue weighted by atomic mass is 9.99. The predicted octanol–water partition coefficient (Wildman–Crippen LogP) is 4.06. The Kier molecular flexibility index (Phi) is 4.41. The lowest BCUT2D eigenvalue weighted by Gasteiger charge is -2.33. The molecule has 4 aromatic rings. The van der Waals surface area contributed by atoms with Gasteiger partial charge in [0.2, 0.25) is 0 Å². The zero-order valence-corrected chi connectivity index (χ0v) is 18.5. The topological polar surface area (TPSA) is 70.2 Å². The van der Waals surface area contributed by atoms with Gasteiger partial charge in [0.05, 0.1) is 16.7 Å². The fourth-order valence-electron chi connectivity index (χ4n) is 4.16. The molecule has 0 spiro atoms. The van der Waals surface area contributed by atoms with Gasteiger partial charge in [0.15, 0.2) is 0 Å². The number of pyridine rings is 2. The number of nitrogens with zero attached hydrogens (tertiary/aromatic N) is 5. The largest absolute Gasteiger partial charge is 0.494 e. The minimum atomic E-state index is -2.60. The van der Waals surface area contributed by atoms with Crippen molar-refractivity contribution in [1.82, 2.24) is 25.1 Å². The average molecular weight is 432 g/mol. The van der Waals surface area contributed by atoms with Gasteiger partial charge in [0.25, 0.3) is 0 Å². The standard InChI is InChI=1S/C25H28N6O/c1-16-6-5-7-19(17(16)2)24-21(32-4)14-20-25(27-24)23(29-28-20)18-8-9-22(26-15-18)31-12-10-30(3)11-13-31/h5-9,14-15H,10-13H2,1-4H3,(H,28,29)/i4D3. The molecule has 1 aromatic carbocycles. The molecule has 0 unspecified atom stereocenters. The highest BCUT2D eigenvalue weighted by molar-refractivity contribution is 5.93. The molecule has 164 valence electrons. The minimum Gasteiger partial charge on any atom is -0.494 e. The molecular formula is C25H28N6O. The van der Waals surface area contributed by atoms with Gasteiger partial charge in [0.1, 0.15) is 28.5 Å². The van der Waals surface area contributed by atoms with Gasteiger partial charge in [0, 0.05) is 49.6 Å². The number of H-pyrrole nitrogens is 1. The summed E-state index contributed by atoms with van der Waals surface area (Å²) in [6, 6.07) is 11.5. The third-order valence-corrected chi connectivity index (χ3v) is 6.32. The summed E-state index contributed by atoms with van der Waals surface area (Å²) in [5, 5.41) is 7.47. The van der Waals surface area contributed by atoms with Crippen molar-refractivity contribution in [3.8, 4) is 28.3 Å². The van der Waals surface area contributed by atoms with Gasteiger partial charge in [-0.2, -0.15) is 5.10 Å². The SMILES string of the molecule is [2H]C([2H])([2H])Oc1cc2[nH]nc(-c3ccc(N4CCN(C)CC4)nc3)c2nc1-c1cccc(C)c1C. The first-order valence-electron chi connectivity index (χ1n) is 12.2. The number of piperazine rings is 1. The molecule has 7 nitrogen and oxygen atoms in total. The van der Waals surface area contributed by atoms with E-state index in [0.717, 1.165) is 54.3 Å². The maximum Gasteiger partial charge on any atom is 0.147 e. The normalized spacial score (nSPS) is 16.6. The van der Waals surface area contributed by atoms with Crippen molar-refractivity contribution in [2.45, 2.75) is 13.8 Å². The van der Waals surface area contributed by atoms with E-state index in [1.54, 1.807) is 6.07 Å². The number of aromatic nitrogens is 4. The molecule has 5 rings (SSSR count). The van der Waals surface area contributed by atoms with Gasteiger partial charge in [-0.15, -0.1) is 0 Å². The highest BCUT2D eigenvalue weighted by atomic mass is 16.5. The molecule has 0 radical (unpaired) electrons. The van der Waals surface area contributed by atoms with Crippen molar-refractivity contribution in [2.24, 2.45) is 0 Å². The molecule has 32 heavy (non-hydrogen) atoms. The maximum atomic E-state index is 7.63. The highest BCUT2D eigenvalue weighted by Crippen LogP contribution is 2.36. The number of anilines is 1. The fraction of sp³-hybridized carbons (Fsp3) is 0.320. The molecule has 0 amide bonds. The lowest BCUT2D eigenvalue weighted by molar-refractivity contribution is 0.312. The van der Waals surface area contributed by atoms with E-state index in [1.807, 2.05) is 50.4 Å². The molecule has 0 aliphatic carbocycles. The highest BCUT2D eigenvalue weighted by Gasteiger charge is 2.19. The van der Waals surface area contributed by atoms with E-state index in [9.17, 15) is 0 Å². The van der Waals surface area contributed by atoms with Crippen molar-refractivity contribution in [1.29, 1.82) is 0 Å². The number of hydrogen-bond acceptors (Lipinski definition) is 6. The second kappa shape index (κ2) is 8.24. The Bertz CT molecular complexity index is 1360. The van der Waals surface area contributed by atoms with Crippen molar-refractivity contribution in [2.75, 3.05) is 45.2 Å². The van der Waals surface area contributed by atoms with Gasteiger partial charge in [-0.25, -0.2) is 9.97 Å². The van der Waals surface area contributed by atoms with Crippen LogP contribution in [0.25, 0.3) is 33.5 Å². The third kappa shape index (κ3) is 3.58. The fourth-order valence-corrected chi connectivity index (χ4v) is 4.16. The molecular weight excluding hydrogens is 400 g/mol. The minimum absolute atomic E-state index is 0.185. The quantitative estimate of drug-likeness (QED) is 0.525. The number of likely N-dealkylation sites (N-methyl/N-ethyl adjacent to an activating group) is 1. The van der Waals surface area contributed by atoms with E-state index in [1.165, 1.54) is 0 Å². The number of rotatable bonds is 4. The van der Waals surface area contributed by atoms with Crippen LogP contribution in [0.4, 0.5) is 5.82 Å². The van der Waals surface area contributed by atoms with Crippen LogP contribution in [0.15, 0.2) is 42.6 Å². The summed E-state index contributed by atoms with van der Waals surface area (Å²) in [7, 11) is -0.474. The molecule has 0 atom stereocenters. The number of nitrogens with one attached hydrogen (secondary N) is 1. The van der Waals surface area contributed by atoms with Crippen molar-refractivity contribution < 1.29 is 8.85 Å². The summed E-state index contributed by atoms with van der Waals surface area (Å²) < 4.78 is 28.3. The van der Waals surface area contributed by atoms with Crippen LogP contribution >= 0.6 is 0 Å².